The summed E-state index contributed by atoms with van der Waals surface area (Å²) in [6.07, 6.45) is 2.44. The van der Waals surface area contributed by atoms with Gasteiger partial charge >= 0.3 is 0 Å². The summed E-state index contributed by atoms with van der Waals surface area (Å²) in [5.74, 6) is -0.0678. The highest BCUT2D eigenvalue weighted by atomic mass is 16.3. The first-order valence-electron chi connectivity index (χ1n) is 5.07. The topological polar surface area (TPSA) is 42.2 Å². The molecule has 3 nitrogen and oxygen atoms in total. The second kappa shape index (κ2) is 4.17. The number of benzene rings is 1. The standard InChI is InChI=1S/C12H13NO2/c1-2-7-13-12(14)10-8-15-11-6-4-3-5-9(10)11/h3-6,8H,2,7H2,1H3,(H,13,14). The first-order valence-corrected chi connectivity index (χ1v) is 5.07. The minimum absolute atomic E-state index is 0.0678. The van der Waals surface area contributed by atoms with E-state index in [9.17, 15) is 4.79 Å². The second-order valence-corrected chi connectivity index (χ2v) is 3.40. The van der Waals surface area contributed by atoms with Crippen molar-refractivity contribution in [3.05, 3.63) is 36.1 Å². The zero-order chi connectivity index (χ0) is 10.7. The van der Waals surface area contributed by atoms with Crippen LogP contribution in [-0.4, -0.2) is 12.5 Å². The number of hydrogen-bond donors (Lipinski definition) is 1. The summed E-state index contributed by atoms with van der Waals surface area (Å²) in [5.41, 5.74) is 1.36. The van der Waals surface area contributed by atoms with Crippen molar-refractivity contribution < 1.29 is 9.21 Å². The Morgan fingerprint density at radius 3 is 3.00 bits per heavy atom. The predicted octanol–water partition coefficient (Wildman–Crippen LogP) is 2.57. The molecule has 0 unspecified atom stereocenters. The van der Waals surface area contributed by atoms with Gasteiger partial charge in [-0.1, -0.05) is 25.1 Å². The van der Waals surface area contributed by atoms with E-state index in [0.29, 0.717) is 12.1 Å². The zero-order valence-electron chi connectivity index (χ0n) is 8.62. The normalized spacial score (nSPS) is 10.5. The molecule has 1 N–H and O–H groups in total. The molecule has 0 saturated heterocycles. The molecule has 1 amide bonds. The van der Waals surface area contributed by atoms with Crippen molar-refractivity contribution in [3.8, 4) is 0 Å². The van der Waals surface area contributed by atoms with E-state index in [1.54, 1.807) is 0 Å². The third-order valence-electron chi connectivity index (χ3n) is 2.26. The molecule has 0 spiro atoms. The van der Waals surface area contributed by atoms with E-state index in [-0.39, 0.29) is 5.91 Å². The molecule has 0 aliphatic carbocycles. The van der Waals surface area contributed by atoms with Gasteiger partial charge in [0.2, 0.25) is 0 Å². The van der Waals surface area contributed by atoms with Gasteiger partial charge in [-0.25, -0.2) is 0 Å². The molecule has 1 aromatic heterocycles. The third kappa shape index (κ3) is 1.86. The lowest BCUT2D eigenvalue weighted by Crippen LogP contribution is -2.23. The summed E-state index contributed by atoms with van der Waals surface area (Å²) in [6.45, 7) is 2.71. The molecule has 0 aliphatic rings. The van der Waals surface area contributed by atoms with E-state index in [0.717, 1.165) is 17.4 Å². The Kier molecular flexibility index (Phi) is 2.72. The summed E-state index contributed by atoms with van der Waals surface area (Å²) in [4.78, 5) is 11.7. The van der Waals surface area contributed by atoms with Crippen molar-refractivity contribution in [2.24, 2.45) is 0 Å². The van der Waals surface area contributed by atoms with Crippen LogP contribution in [0.25, 0.3) is 11.0 Å². The van der Waals surface area contributed by atoms with E-state index in [2.05, 4.69) is 5.32 Å². The van der Waals surface area contributed by atoms with Crippen molar-refractivity contribution in [3.63, 3.8) is 0 Å². The quantitative estimate of drug-likeness (QED) is 0.833. The van der Waals surface area contributed by atoms with E-state index in [1.807, 2.05) is 31.2 Å². The lowest BCUT2D eigenvalue weighted by molar-refractivity contribution is 0.0954. The summed E-state index contributed by atoms with van der Waals surface area (Å²) in [5, 5.41) is 3.69. The number of amides is 1. The fourth-order valence-corrected chi connectivity index (χ4v) is 1.49. The maximum absolute atomic E-state index is 11.7. The average Bonchev–Trinajstić information content (AvgIpc) is 2.69. The highest BCUT2D eigenvalue weighted by Crippen LogP contribution is 2.20. The number of fused-ring (bicyclic) bond motifs is 1. The van der Waals surface area contributed by atoms with Crippen LogP contribution in [0.5, 0.6) is 0 Å². The number of para-hydroxylation sites is 1. The summed E-state index contributed by atoms with van der Waals surface area (Å²) in [7, 11) is 0. The molecule has 0 bridgehead atoms. The Bertz CT molecular complexity index is 473. The molecule has 0 atom stereocenters. The van der Waals surface area contributed by atoms with Crippen molar-refractivity contribution in [1.29, 1.82) is 0 Å². The van der Waals surface area contributed by atoms with Crippen LogP contribution in [0, 0.1) is 0 Å². The largest absolute Gasteiger partial charge is 0.463 e. The number of nitrogens with one attached hydrogen (secondary N) is 1. The minimum atomic E-state index is -0.0678. The number of rotatable bonds is 3. The van der Waals surface area contributed by atoms with E-state index >= 15 is 0 Å². The monoisotopic (exact) mass is 203 g/mol. The van der Waals surface area contributed by atoms with Gasteiger partial charge in [-0.2, -0.15) is 0 Å². The minimum Gasteiger partial charge on any atom is -0.463 e. The Morgan fingerprint density at radius 2 is 2.20 bits per heavy atom. The zero-order valence-corrected chi connectivity index (χ0v) is 8.62. The molecule has 0 aliphatic heterocycles. The Balaban J connectivity index is 2.31. The molecule has 1 heterocycles. The number of furan rings is 1. The maximum atomic E-state index is 11.7. The highest BCUT2D eigenvalue weighted by Gasteiger charge is 2.11. The molecule has 1 aromatic carbocycles. The third-order valence-corrected chi connectivity index (χ3v) is 2.26. The average molecular weight is 203 g/mol. The van der Waals surface area contributed by atoms with Gasteiger partial charge in [-0.15, -0.1) is 0 Å². The van der Waals surface area contributed by atoms with Crippen molar-refractivity contribution in [2.45, 2.75) is 13.3 Å². The summed E-state index contributed by atoms with van der Waals surface area (Å²) < 4.78 is 5.29. The van der Waals surface area contributed by atoms with Crippen LogP contribution < -0.4 is 5.32 Å². The van der Waals surface area contributed by atoms with Crippen LogP contribution in [0.1, 0.15) is 23.7 Å². The van der Waals surface area contributed by atoms with Gasteiger partial charge in [0.05, 0.1) is 5.56 Å². The van der Waals surface area contributed by atoms with Gasteiger partial charge in [0.15, 0.2) is 0 Å². The fourth-order valence-electron chi connectivity index (χ4n) is 1.49. The van der Waals surface area contributed by atoms with Crippen LogP contribution >= 0.6 is 0 Å². The van der Waals surface area contributed by atoms with Gasteiger partial charge in [0.1, 0.15) is 11.8 Å². The number of carbonyl (C=O) groups is 1. The Morgan fingerprint density at radius 1 is 1.40 bits per heavy atom. The molecular formula is C12H13NO2. The summed E-state index contributed by atoms with van der Waals surface area (Å²) in [6, 6.07) is 7.53. The van der Waals surface area contributed by atoms with Gasteiger partial charge in [0, 0.05) is 11.9 Å². The van der Waals surface area contributed by atoms with Crippen LogP contribution in [0.2, 0.25) is 0 Å². The fraction of sp³-hybridized carbons (Fsp3) is 0.250. The van der Waals surface area contributed by atoms with Crippen LogP contribution in [0.4, 0.5) is 0 Å². The Hall–Kier alpha value is -1.77. The molecule has 0 fully saturated rings. The van der Waals surface area contributed by atoms with Crippen molar-refractivity contribution >= 4 is 16.9 Å². The van der Waals surface area contributed by atoms with Gasteiger partial charge in [-0.05, 0) is 12.5 Å². The molecule has 0 radical (unpaired) electrons. The maximum Gasteiger partial charge on any atom is 0.255 e. The second-order valence-electron chi connectivity index (χ2n) is 3.40. The SMILES string of the molecule is CCCNC(=O)c1coc2ccccc12. The van der Waals surface area contributed by atoms with Gasteiger partial charge in [-0.3, -0.25) is 4.79 Å². The lowest BCUT2D eigenvalue weighted by Gasteiger charge is -2.00. The lowest BCUT2D eigenvalue weighted by atomic mass is 10.1. The smallest absolute Gasteiger partial charge is 0.255 e. The van der Waals surface area contributed by atoms with E-state index < -0.39 is 0 Å². The molecule has 2 rings (SSSR count). The van der Waals surface area contributed by atoms with E-state index in [1.165, 1.54) is 6.26 Å². The van der Waals surface area contributed by atoms with Crippen molar-refractivity contribution in [2.75, 3.05) is 6.54 Å². The predicted molar refractivity (Wildman–Crippen MR) is 58.8 cm³/mol. The van der Waals surface area contributed by atoms with Gasteiger partial charge < -0.3 is 9.73 Å². The van der Waals surface area contributed by atoms with Crippen molar-refractivity contribution in [1.82, 2.24) is 5.32 Å². The summed E-state index contributed by atoms with van der Waals surface area (Å²) >= 11 is 0. The molecule has 3 heteroatoms. The number of hydrogen-bond acceptors (Lipinski definition) is 2. The highest BCUT2D eigenvalue weighted by molar-refractivity contribution is 6.05. The van der Waals surface area contributed by atoms with E-state index in [4.69, 9.17) is 4.42 Å². The molecule has 2 aromatic rings. The van der Waals surface area contributed by atoms with Crippen LogP contribution in [0.15, 0.2) is 34.9 Å². The van der Waals surface area contributed by atoms with Crippen LogP contribution in [-0.2, 0) is 0 Å². The van der Waals surface area contributed by atoms with Gasteiger partial charge in [0.25, 0.3) is 5.91 Å². The molecule has 78 valence electrons. The first-order chi connectivity index (χ1) is 7.33. The molecular weight excluding hydrogens is 190 g/mol. The molecule has 15 heavy (non-hydrogen) atoms. The molecule has 0 saturated carbocycles. The van der Waals surface area contributed by atoms with Crippen LogP contribution in [0.3, 0.4) is 0 Å². The first kappa shape index (κ1) is 9.77. The Labute approximate surface area is 88.1 Å². The number of carbonyl (C=O) groups excluding carboxylic acids is 1.